The second kappa shape index (κ2) is 11.7. The number of nitrogens with zero attached hydrogens (tertiary/aromatic N) is 4. The predicted octanol–water partition coefficient (Wildman–Crippen LogP) is 6.68. The van der Waals surface area contributed by atoms with Crippen molar-refractivity contribution in [3.63, 3.8) is 0 Å². The summed E-state index contributed by atoms with van der Waals surface area (Å²) < 4.78 is 2.08. The number of anilines is 1. The summed E-state index contributed by atoms with van der Waals surface area (Å²) in [4.78, 5) is 11.8. The zero-order chi connectivity index (χ0) is 27.2. The smallest absolute Gasteiger partial charge is 0.136 e. The first-order valence-corrected chi connectivity index (χ1v) is 13.0. The summed E-state index contributed by atoms with van der Waals surface area (Å²) >= 11 is 0. The van der Waals surface area contributed by atoms with Crippen molar-refractivity contribution >= 4 is 23.4 Å². The van der Waals surface area contributed by atoms with Crippen LogP contribution in [-0.4, -0.2) is 26.0 Å². The average molecular weight is 505 g/mol. The molecule has 1 fully saturated rings. The Hall–Kier alpha value is -4.50. The number of rotatable bonds is 9. The maximum absolute atomic E-state index is 6.40. The van der Waals surface area contributed by atoms with Crippen molar-refractivity contribution in [3.05, 3.63) is 96.8 Å². The summed E-state index contributed by atoms with van der Waals surface area (Å²) in [6.45, 7) is 19.5. The van der Waals surface area contributed by atoms with Gasteiger partial charge in [0.2, 0.25) is 0 Å². The minimum atomic E-state index is 0.0543. The number of imidazole rings is 1. The largest absolute Gasteiger partial charge is 0.397 e. The molecule has 1 atom stereocenters. The molecule has 0 spiro atoms. The fourth-order valence-electron chi connectivity index (χ4n) is 5.05. The van der Waals surface area contributed by atoms with Crippen LogP contribution in [-0.2, 0) is 6.42 Å². The molecule has 6 nitrogen and oxygen atoms in total. The van der Waals surface area contributed by atoms with Gasteiger partial charge in [-0.3, -0.25) is 4.57 Å². The Balaban J connectivity index is 1.79. The Morgan fingerprint density at radius 2 is 2.05 bits per heavy atom. The first-order valence-electron chi connectivity index (χ1n) is 13.0. The number of pyridine rings is 1. The molecule has 3 aromatic rings. The van der Waals surface area contributed by atoms with Crippen LogP contribution in [0.2, 0.25) is 0 Å². The minimum absolute atomic E-state index is 0.0543. The van der Waals surface area contributed by atoms with Crippen LogP contribution < -0.4 is 11.1 Å². The van der Waals surface area contributed by atoms with Crippen LogP contribution in [0.15, 0.2) is 74.1 Å². The zero-order valence-corrected chi connectivity index (χ0v) is 22.6. The van der Waals surface area contributed by atoms with Crippen LogP contribution >= 0.6 is 0 Å². The Morgan fingerprint density at radius 1 is 1.24 bits per heavy atom. The van der Waals surface area contributed by atoms with Gasteiger partial charge >= 0.3 is 0 Å². The van der Waals surface area contributed by atoms with Gasteiger partial charge in [-0.15, -0.1) is 0 Å². The number of nitrogens with two attached hydrogens (primary N) is 1. The van der Waals surface area contributed by atoms with E-state index >= 15 is 0 Å². The van der Waals surface area contributed by atoms with Gasteiger partial charge in [-0.05, 0) is 56.9 Å². The third-order valence-electron chi connectivity index (χ3n) is 6.74. The van der Waals surface area contributed by atoms with E-state index in [2.05, 4.69) is 76.5 Å². The van der Waals surface area contributed by atoms with Gasteiger partial charge in [-0.2, -0.15) is 0 Å². The van der Waals surface area contributed by atoms with Crippen molar-refractivity contribution < 1.29 is 0 Å². The van der Waals surface area contributed by atoms with Crippen LogP contribution in [0, 0.1) is 11.8 Å². The van der Waals surface area contributed by atoms with E-state index in [1.165, 1.54) is 0 Å². The third kappa shape index (κ3) is 5.28. The van der Waals surface area contributed by atoms with E-state index in [-0.39, 0.29) is 6.04 Å². The van der Waals surface area contributed by atoms with E-state index in [9.17, 15) is 0 Å². The van der Waals surface area contributed by atoms with Crippen molar-refractivity contribution in [2.45, 2.75) is 46.1 Å². The number of hydrogen-bond acceptors (Lipinski definition) is 5. The second-order valence-corrected chi connectivity index (χ2v) is 9.26. The molecule has 0 radical (unpaired) electrons. The van der Waals surface area contributed by atoms with Crippen LogP contribution in [0.25, 0.3) is 28.9 Å². The summed E-state index contributed by atoms with van der Waals surface area (Å²) in [5.74, 6) is 7.78. The number of hydrogen-bond donors (Lipinski definition) is 2. The molecule has 1 aliphatic rings. The second-order valence-electron chi connectivity index (χ2n) is 9.26. The molecule has 194 valence electrons. The molecule has 0 unspecified atom stereocenters. The lowest BCUT2D eigenvalue weighted by Gasteiger charge is -2.25. The lowest BCUT2D eigenvalue weighted by Crippen LogP contribution is -2.23. The van der Waals surface area contributed by atoms with E-state index < -0.39 is 0 Å². The molecule has 1 aliphatic heterocycles. The summed E-state index contributed by atoms with van der Waals surface area (Å²) in [5.41, 5.74) is 13.3. The van der Waals surface area contributed by atoms with E-state index in [1.807, 2.05) is 44.3 Å². The molecule has 3 N–H and O–H groups in total. The maximum Gasteiger partial charge on any atom is 0.136 e. The third-order valence-corrected chi connectivity index (χ3v) is 6.74. The normalized spacial score (nSPS) is 14.8. The summed E-state index contributed by atoms with van der Waals surface area (Å²) in [6.07, 6.45) is 8.61. The summed E-state index contributed by atoms with van der Waals surface area (Å²) in [7, 11) is 0. The van der Waals surface area contributed by atoms with Crippen molar-refractivity contribution in [3.8, 4) is 23.1 Å². The highest BCUT2D eigenvalue weighted by molar-refractivity contribution is 5.81. The molecular weight excluding hydrogens is 468 g/mol. The van der Waals surface area contributed by atoms with Gasteiger partial charge in [0.25, 0.3) is 0 Å². The standard InChI is InChI=1S/C32H36N6/c1-7-13-22(4)37-20-12-14-28(37)32-36-30(31(23(5)33)38(32)19-8-2)26-16-17-27(25(9-3)21-26)24(6)35-29-15-10-11-18-34-29/h8,10-11,15-19,21,28H,4-6,9,12,14,20,33H2,1-3H3,(H,34,35)/b19-8-/t28-/m0/s1. The Kier molecular flexibility index (Phi) is 8.18. The first-order chi connectivity index (χ1) is 18.4. The molecule has 4 rings (SSSR count). The van der Waals surface area contributed by atoms with E-state index in [4.69, 9.17) is 10.7 Å². The van der Waals surface area contributed by atoms with Gasteiger partial charge in [0.1, 0.15) is 11.6 Å². The number of aromatic nitrogens is 3. The van der Waals surface area contributed by atoms with Crippen molar-refractivity contribution in [2.24, 2.45) is 5.73 Å². The van der Waals surface area contributed by atoms with Gasteiger partial charge in [-0.25, -0.2) is 9.97 Å². The van der Waals surface area contributed by atoms with Crippen LogP contribution in [0.5, 0.6) is 0 Å². The molecule has 0 bridgehead atoms. The van der Waals surface area contributed by atoms with Crippen LogP contribution in [0.1, 0.15) is 62.3 Å². The SMILES string of the molecule is C=C(Nc1ccccn1)c1ccc(-c2nc([C@@H]3CCCN3C(=C)C#CC)n(/C=C\C)c2C(=C)N)cc1CC. The van der Waals surface area contributed by atoms with Crippen molar-refractivity contribution in [2.75, 3.05) is 11.9 Å². The van der Waals surface area contributed by atoms with Gasteiger partial charge in [0.15, 0.2) is 0 Å². The van der Waals surface area contributed by atoms with Crippen molar-refractivity contribution in [1.29, 1.82) is 0 Å². The van der Waals surface area contributed by atoms with Crippen LogP contribution in [0.4, 0.5) is 5.82 Å². The molecule has 0 amide bonds. The molecule has 0 aliphatic carbocycles. The Bertz CT molecular complexity index is 1450. The van der Waals surface area contributed by atoms with Gasteiger partial charge < -0.3 is 16.0 Å². The van der Waals surface area contributed by atoms with Gasteiger partial charge in [0.05, 0.1) is 28.8 Å². The number of aryl methyl sites for hydroxylation is 1. The molecule has 0 saturated carbocycles. The molecule has 1 saturated heterocycles. The van der Waals surface area contributed by atoms with Gasteiger partial charge in [-0.1, -0.05) is 62.8 Å². The van der Waals surface area contributed by atoms with Crippen LogP contribution in [0.3, 0.4) is 0 Å². The topological polar surface area (TPSA) is 72.0 Å². The quantitative estimate of drug-likeness (QED) is 0.318. The van der Waals surface area contributed by atoms with E-state index in [1.54, 1.807) is 6.20 Å². The van der Waals surface area contributed by atoms with Gasteiger partial charge in [0, 0.05) is 35.8 Å². The average Bonchev–Trinajstić information content (AvgIpc) is 3.54. The number of allylic oxidation sites excluding steroid dienone is 2. The summed E-state index contributed by atoms with van der Waals surface area (Å²) in [5, 5.41) is 3.32. The molecular formula is C32H36N6. The highest BCUT2D eigenvalue weighted by Gasteiger charge is 2.32. The lowest BCUT2D eigenvalue weighted by molar-refractivity contribution is 0.327. The number of likely N-dealkylation sites (tertiary alicyclic amines) is 1. The molecule has 2 aromatic heterocycles. The highest BCUT2D eigenvalue weighted by atomic mass is 15.2. The Labute approximate surface area is 226 Å². The molecule has 1 aromatic carbocycles. The van der Waals surface area contributed by atoms with Crippen molar-refractivity contribution in [1.82, 2.24) is 19.4 Å². The highest BCUT2D eigenvalue weighted by Crippen LogP contribution is 2.38. The van der Waals surface area contributed by atoms with E-state index in [0.717, 1.165) is 76.9 Å². The molecule has 6 heteroatoms. The number of benzene rings is 1. The van der Waals surface area contributed by atoms with E-state index in [0.29, 0.717) is 5.70 Å². The molecule has 38 heavy (non-hydrogen) atoms. The minimum Gasteiger partial charge on any atom is -0.397 e. The number of nitrogens with one attached hydrogen (secondary N) is 1. The lowest BCUT2D eigenvalue weighted by atomic mass is 9.97. The maximum atomic E-state index is 6.40. The Morgan fingerprint density at radius 3 is 2.71 bits per heavy atom. The fourth-order valence-corrected chi connectivity index (χ4v) is 5.05. The monoisotopic (exact) mass is 504 g/mol. The zero-order valence-electron chi connectivity index (χ0n) is 22.6. The fraction of sp³-hybridized carbons (Fsp3) is 0.250. The summed E-state index contributed by atoms with van der Waals surface area (Å²) in [6, 6.07) is 12.2. The first kappa shape index (κ1) is 26.6. The molecule has 3 heterocycles. The predicted molar refractivity (Wildman–Crippen MR) is 159 cm³/mol.